The van der Waals surface area contributed by atoms with Gasteiger partial charge < -0.3 is 9.64 Å². The van der Waals surface area contributed by atoms with Crippen molar-refractivity contribution in [2.75, 3.05) is 19.7 Å². The average Bonchev–Trinajstić information content (AvgIpc) is 2.21. The Labute approximate surface area is 91.4 Å². The van der Waals surface area contributed by atoms with Gasteiger partial charge in [-0.25, -0.2) is 0 Å². The van der Waals surface area contributed by atoms with E-state index in [0.29, 0.717) is 5.88 Å². The fourth-order valence-corrected chi connectivity index (χ4v) is 1.64. The highest BCUT2D eigenvalue weighted by Gasteiger charge is 2.18. The van der Waals surface area contributed by atoms with E-state index in [1.807, 2.05) is 0 Å². The van der Waals surface area contributed by atoms with Crippen LogP contribution in [0.4, 0.5) is 0 Å². The summed E-state index contributed by atoms with van der Waals surface area (Å²) in [5, 5.41) is 0. The molecule has 0 atom stereocenters. The summed E-state index contributed by atoms with van der Waals surface area (Å²) in [6.45, 7) is 9.41. The molecule has 0 spiro atoms. The van der Waals surface area contributed by atoms with Gasteiger partial charge in [0.15, 0.2) is 5.78 Å². The molecule has 0 aromatic rings. The second-order valence-electron chi connectivity index (χ2n) is 4.14. The first-order chi connectivity index (χ1) is 7.13. The molecule has 3 heteroatoms. The molecule has 1 fully saturated rings. The molecule has 84 valence electrons. The summed E-state index contributed by atoms with van der Waals surface area (Å²) in [6, 6.07) is 0. The highest BCUT2D eigenvalue weighted by molar-refractivity contribution is 5.76. The van der Waals surface area contributed by atoms with Gasteiger partial charge in [-0.1, -0.05) is 19.2 Å². The van der Waals surface area contributed by atoms with Crippen molar-refractivity contribution in [3.05, 3.63) is 18.2 Å². The van der Waals surface area contributed by atoms with Crippen LogP contribution in [0.25, 0.3) is 0 Å². The Kier molecular flexibility index (Phi) is 4.44. The number of hydrogen-bond donors (Lipinski definition) is 0. The number of hydrogen-bond acceptors (Lipinski definition) is 3. The number of carbonyl (C=O) groups is 1. The van der Waals surface area contributed by atoms with Gasteiger partial charge in [-0.3, -0.25) is 4.79 Å². The van der Waals surface area contributed by atoms with Crippen molar-refractivity contribution >= 4 is 5.78 Å². The monoisotopic (exact) mass is 209 g/mol. The van der Waals surface area contributed by atoms with Crippen molar-refractivity contribution in [3.63, 3.8) is 0 Å². The van der Waals surface area contributed by atoms with Gasteiger partial charge >= 0.3 is 0 Å². The minimum Gasteiger partial charge on any atom is -0.465 e. The van der Waals surface area contributed by atoms with Crippen LogP contribution >= 0.6 is 0 Å². The molecule has 0 aliphatic carbocycles. The van der Waals surface area contributed by atoms with Crippen molar-refractivity contribution in [1.29, 1.82) is 0 Å². The van der Waals surface area contributed by atoms with Crippen LogP contribution in [0, 0.1) is 5.92 Å². The number of nitrogens with zero attached hydrogens (tertiary/aromatic N) is 1. The summed E-state index contributed by atoms with van der Waals surface area (Å²) in [7, 11) is 0. The zero-order valence-corrected chi connectivity index (χ0v) is 9.58. The van der Waals surface area contributed by atoms with Gasteiger partial charge in [0.2, 0.25) is 5.88 Å². The van der Waals surface area contributed by atoms with Crippen LogP contribution in [0.3, 0.4) is 0 Å². The quantitative estimate of drug-likeness (QED) is 0.523. The lowest BCUT2D eigenvalue weighted by molar-refractivity contribution is -0.121. The van der Waals surface area contributed by atoms with E-state index in [4.69, 9.17) is 4.74 Å². The van der Waals surface area contributed by atoms with E-state index in [0.717, 1.165) is 31.8 Å². The first kappa shape index (κ1) is 11.9. The van der Waals surface area contributed by atoms with Crippen molar-refractivity contribution < 1.29 is 9.53 Å². The molecule has 1 aliphatic rings. The molecule has 0 bridgehead atoms. The molecule has 3 nitrogen and oxygen atoms in total. The summed E-state index contributed by atoms with van der Waals surface area (Å²) >= 11 is 0. The first-order valence-electron chi connectivity index (χ1n) is 5.40. The van der Waals surface area contributed by atoms with E-state index in [9.17, 15) is 4.79 Å². The molecule has 1 heterocycles. The van der Waals surface area contributed by atoms with Crippen LogP contribution in [-0.2, 0) is 9.53 Å². The zero-order valence-electron chi connectivity index (χ0n) is 9.58. The minimum atomic E-state index is 0.0214. The van der Waals surface area contributed by atoms with Gasteiger partial charge in [0.05, 0.1) is 0 Å². The third-order valence-electron chi connectivity index (χ3n) is 2.63. The first-order valence-corrected chi connectivity index (χ1v) is 5.40. The number of ether oxygens (including phenoxy) is 1. The predicted molar refractivity (Wildman–Crippen MR) is 59.3 cm³/mol. The van der Waals surface area contributed by atoms with Crippen molar-refractivity contribution in [2.45, 2.75) is 26.7 Å². The summed E-state index contributed by atoms with van der Waals surface area (Å²) in [6.07, 6.45) is 2.32. The van der Waals surface area contributed by atoms with Gasteiger partial charge in [0.1, 0.15) is 6.61 Å². The molecule has 0 saturated carbocycles. The number of rotatable bonds is 4. The molecule has 0 amide bonds. The van der Waals surface area contributed by atoms with E-state index in [2.05, 4.69) is 24.1 Å². The Bertz CT molecular complexity index is 271. The standard InChI is InChI=1S/C12H19NO2/c1-4-12(15-9-11(3)14)13-7-5-10(2)6-8-13/h10H,1,5-9H2,2-3H3. The molecule has 1 rings (SSSR count). The maximum atomic E-state index is 10.8. The molecule has 1 saturated heterocycles. The fourth-order valence-electron chi connectivity index (χ4n) is 1.64. The second-order valence-corrected chi connectivity index (χ2v) is 4.14. The van der Waals surface area contributed by atoms with Gasteiger partial charge in [-0.2, -0.15) is 0 Å². The molecule has 0 N–H and O–H groups in total. The van der Waals surface area contributed by atoms with Gasteiger partial charge in [0, 0.05) is 13.1 Å². The third-order valence-corrected chi connectivity index (χ3v) is 2.63. The van der Waals surface area contributed by atoms with Gasteiger partial charge in [-0.15, -0.1) is 0 Å². The number of carbonyl (C=O) groups excluding carboxylic acids is 1. The molecule has 0 radical (unpaired) electrons. The maximum absolute atomic E-state index is 10.8. The summed E-state index contributed by atoms with van der Waals surface area (Å²) in [5.41, 5.74) is 2.76. The Morgan fingerprint density at radius 3 is 2.60 bits per heavy atom. The number of likely N-dealkylation sites (tertiary alicyclic amines) is 1. The van der Waals surface area contributed by atoms with Crippen molar-refractivity contribution in [1.82, 2.24) is 4.90 Å². The highest BCUT2D eigenvalue weighted by atomic mass is 16.5. The van der Waals surface area contributed by atoms with Crippen molar-refractivity contribution in [2.24, 2.45) is 5.92 Å². The van der Waals surface area contributed by atoms with E-state index in [1.165, 1.54) is 6.92 Å². The Morgan fingerprint density at radius 2 is 2.13 bits per heavy atom. The lowest BCUT2D eigenvalue weighted by Gasteiger charge is -2.31. The second kappa shape index (κ2) is 5.62. The summed E-state index contributed by atoms with van der Waals surface area (Å²) < 4.78 is 5.35. The topological polar surface area (TPSA) is 29.5 Å². The van der Waals surface area contributed by atoms with E-state index < -0.39 is 0 Å². The largest absolute Gasteiger partial charge is 0.465 e. The van der Waals surface area contributed by atoms with Crippen molar-refractivity contribution in [3.8, 4) is 0 Å². The van der Waals surface area contributed by atoms with E-state index in [-0.39, 0.29) is 12.4 Å². The smallest absolute Gasteiger partial charge is 0.235 e. The minimum absolute atomic E-state index is 0.0214. The molecular weight excluding hydrogens is 190 g/mol. The van der Waals surface area contributed by atoms with Crippen LogP contribution in [0.1, 0.15) is 26.7 Å². The summed E-state index contributed by atoms with van der Waals surface area (Å²) in [4.78, 5) is 12.9. The number of Topliss-reactive ketones (excluding diaryl/α,β-unsaturated/α-hetero) is 1. The molecule has 0 aromatic carbocycles. The fraction of sp³-hybridized carbons (Fsp3) is 0.667. The lowest BCUT2D eigenvalue weighted by Crippen LogP contribution is -2.33. The van der Waals surface area contributed by atoms with Gasteiger partial charge in [0.25, 0.3) is 0 Å². The maximum Gasteiger partial charge on any atom is 0.235 e. The van der Waals surface area contributed by atoms with E-state index >= 15 is 0 Å². The SMILES string of the molecule is C=C=C(OCC(C)=O)N1CCC(C)CC1. The Hall–Kier alpha value is -1.21. The van der Waals surface area contributed by atoms with Crippen LogP contribution in [-0.4, -0.2) is 30.4 Å². The average molecular weight is 209 g/mol. The van der Waals surface area contributed by atoms with Gasteiger partial charge in [-0.05, 0) is 25.7 Å². The third kappa shape index (κ3) is 3.80. The summed E-state index contributed by atoms with van der Waals surface area (Å²) in [5.74, 6) is 1.42. The normalized spacial score (nSPS) is 17.1. The molecule has 0 unspecified atom stereocenters. The number of piperidine rings is 1. The molecular formula is C12H19NO2. The van der Waals surface area contributed by atoms with Crippen LogP contribution in [0.2, 0.25) is 0 Å². The predicted octanol–water partition coefficient (Wildman–Crippen LogP) is 1.95. The van der Waals surface area contributed by atoms with Crippen LogP contribution < -0.4 is 0 Å². The molecule has 1 aliphatic heterocycles. The number of ketones is 1. The Balaban J connectivity index is 2.45. The van der Waals surface area contributed by atoms with Crippen LogP contribution in [0.5, 0.6) is 0 Å². The Morgan fingerprint density at radius 1 is 1.53 bits per heavy atom. The lowest BCUT2D eigenvalue weighted by atomic mass is 9.99. The molecule has 15 heavy (non-hydrogen) atoms. The highest BCUT2D eigenvalue weighted by Crippen LogP contribution is 2.19. The molecule has 0 aromatic heterocycles. The zero-order chi connectivity index (χ0) is 11.3. The van der Waals surface area contributed by atoms with E-state index in [1.54, 1.807) is 0 Å². The van der Waals surface area contributed by atoms with Crippen LogP contribution in [0.15, 0.2) is 18.2 Å².